The normalized spacial score (nSPS) is 10.4. The Bertz CT molecular complexity index is 876. The molecule has 7 heteroatoms. The highest BCUT2D eigenvalue weighted by atomic mass is 32.2. The van der Waals surface area contributed by atoms with Gasteiger partial charge in [-0.25, -0.2) is 4.68 Å². The van der Waals surface area contributed by atoms with Crippen molar-refractivity contribution in [3.05, 3.63) is 72.6 Å². The molecule has 0 unspecified atom stereocenters. The number of thioether (sulfide) groups is 1. The minimum atomic E-state index is -0.402. The van der Waals surface area contributed by atoms with Crippen LogP contribution in [-0.4, -0.2) is 27.3 Å². The summed E-state index contributed by atoms with van der Waals surface area (Å²) in [7, 11) is 0. The van der Waals surface area contributed by atoms with Crippen molar-refractivity contribution in [1.82, 2.24) is 9.78 Å². The number of amides is 2. The van der Waals surface area contributed by atoms with Gasteiger partial charge in [-0.2, -0.15) is 5.10 Å². The predicted molar refractivity (Wildman–Crippen MR) is 97.9 cm³/mol. The Morgan fingerprint density at radius 3 is 2.52 bits per heavy atom. The molecule has 25 heavy (non-hydrogen) atoms. The largest absolute Gasteiger partial charge is 0.369 e. The summed E-state index contributed by atoms with van der Waals surface area (Å²) in [5, 5.41) is 7.02. The topological polar surface area (TPSA) is 90.0 Å². The van der Waals surface area contributed by atoms with Crippen LogP contribution in [0, 0.1) is 0 Å². The van der Waals surface area contributed by atoms with Crippen molar-refractivity contribution in [2.24, 2.45) is 5.73 Å². The third-order valence-electron chi connectivity index (χ3n) is 3.40. The van der Waals surface area contributed by atoms with E-state index in [-0.39, 0.29) is 11.7 Å². The predicted octanol–water partition coefficient (Wildman–Crippen LogP) is 2.70. The Balaban J connectivity index is 1.73. The average molecular weight is 352 g/mol. The average Bonchev–Trinajstić information content (AvgIpc) is 3.15. The molecular formula is C18H16N4O2S. The van der Waals surface area contributed by atoms with Crippen molar-refractivity contribution in [1.29, 1.82) is 0 Å². The zero-order valence-electron chi connectivity index (χ0n) is 13.3. The van der Waals surface area contributed by atoms with Gasteiger partial charge in [0.15, 0.2) is 0 Å². The quantitative estimate of drug-likeness (QED) is 0.668. The number of rotatable bonds is 6. The van der Waals surface area contributed by atoms with E-state index >= 15 is 0 Å². The van der Waals surface area contributed by atoms with Crippen LogP contribution in [0.1, 0.15) is 10.4 Å². The fourth-order valence-electron chi connectivity index (χ4n) is 2.23. The van der Waals surface area contributed by atoms with Crippen LogP contribution >= 0.6 is 11.8 Å². The summed E-state index contributed by atoms with van der Waals surface area (Å²) in [6, 6.07) is 16.3. The molecule has 0 aliphatic rings. The molecule has 3 aromatic rings. The van der Waals surface area contributed by atoms with E-state index in [0.29, 0.717) is 11.3 Å². The fourth-order valence-corrected chi connectivity index (χ4v) is 2.97. The molecule has 2 amide bonds. The van der Waals surface area contributed by atoms with Crippen LogP contribution < -0.4 is 11.1 Å². The van der Waals surface area contributed by atoms with E-state index in [1.54, 1.807) is 29.1 Å². The van der Waals surface area contributed by atoms with Crippen LogP contribution in [-0.2, 0) is 4.79 Å². The van der Waals surface area contributed by atoms with Gasteiger partial charge in [0.25, 0.3) is 5.91 Å². The lowest BCUT2D eigenvalue weighted by atomic mass is 10.2. The standard InChI is InChI=1S/C18H16N4O2S/c19-17(23)12-25-16-5-2-1-4-15(16)21-18(24)13-6-8-14(9-7-13)22-11-3-10-20-22/h1-11H,12H2,(H2,19,23)(H,21,24). The van der Waals surface area contributed by atoms with E-state index in [1.807, 2.05) is 42.6 Å². The number of hydrogen-bond acceptors (Lipinski definition) is 4. The second-order valence-electron chi connectivity index (χ2n) is 5.20. The second kappa shape index (κ2) is 7.67. The molecule has 0 saturated heterocycles. The monoisotopic (exact) mass is 352 g/mol. The maximum atomic E-state index is 12.5. The summed E-state index contributed by atoms with van der Waals surface area (Å²) in [5.41, 5.74) is 7.24. The Labute approximate surface area is 149 Å². The van der Waals surface area contributed by atoms with Gasteiger partial charge in [0.1, 0.15) is 0 Å². The molecule has 0 radical (unpaired) electrons. The number of benzene rings is 2. The maximum absolute atomic E-state index is 12.5. The highest BCUT2D eigenvalue weighted by molar-refractivity contribution is 8.00. The van der Waals surface area contributed by atoms with Crippen molar-refractivity contribution in [2.45, 2.75) is 4.90 Å². The molecule has 0 spiro atoms. The molecule has 0 saturated carbocycles. The fraction of sp³-hybridized carbons (Fsp3) is 0.0556. The first kappa shape index (κ1) is 16.8. The zero-order valence-corrected chi connectivity index (χ0v) is 14.1. The summed E-state index contributed by atoms with van der Waals surface area (Å²) >= 11 is 1.29. The summed E-state index contributed by atoms with van der Waals surface area (Å²) in [4.78, 5) is 24.2. The first-order valence-corrected chi connectivity index (χ1v) is 8.53. The van der Waals surface area contributed by atoms with Crippen LogP contribution in [0.15, 0.2) is 71.9 Å². The van der Waals surface area contributed by atoms with Gasteiger partial charge in [0, 0.05) is 22.9 Å². The van der Waals surface area contributed by atoms with Crippen LogP contribution in [0.5, 0.6) is 0 Å². The lowest BCUT2D eigenvalue weighted by Crippen LogP contribution is -2.14. The summed E-state index contributed by atoms with van der Waals surface area (Å²) in [6.45, 7) is 0. The zero-order chi connectivity index (χ0) is 17.6. The van der Waals surface area contributed by atoms with E-state index in [1.165, 1.54) is 11.8 Å². The molecule has 0 aliphatic heterocycles. The number of hydrogen-bond donors (Lipinski definition) is 2. The van der Waals surface area contributed by atoms with Crippen molar-refractivity contribution in [2.75, 3.05) is 11.1 Å². The SMILES string of the molecule is NC(=O)CSc1ccccc1NC(=O)c1ccc(-n2cccn2)cc1. The highest BCUT2D eigenvalue weighted by Gasteiger charge is 2.10. The summed E-state index contributed by atoms with van der Waals surface area (Å²) in [5.74, 6) is -0.467. The van der Waals surface area contributed by atoms with Crippen LogP contribution in [0.2, 0.25) is 0 Å². The molecule has 0 bridgehead atoms. The molecule has 2 aromatic carbocycles. The Morgan fingerprint density at radius 1 is 1.08 bits per heavy atom. The van der Waals surface area contributed by atoms with Gasteiger partial charge in [-0.3, -0.25) is 9.59 Å². The summed E-state index contributed by atoms with van der Waals surface area (Å²) in [6.07, 6.45) is 3.53. The molecular weight excluding hydrogens is 336 g/mol. The minimum Gasteiger partial charge on any atom is -0.369 e. The van der Waals surface area contributed by atoms with E-state index in [0.717, 1.165) is 10.6 Å². The smallest absolute Gasteiger partial charge is 0.255 e. The number of carbonyl (C=O) groups is 2. The van der Waals surface area contributed by atoms with Crippen molar-refractivity contribution in [3.63, 3.8) is 0 Å². The first-order valence-electron chi connectivity index (χ1n) is 7.55. The second-order valence-corrected chi connectivity index (χ2v) is 6.22. The number of nitrogens with two attached hydrogens (primary N) is 1. The van der Waals surface area contributed by atoms with E-state index in [2.05, 4.69) is 10.4 Å². The van der Waals surface area contributed by atoms with Gasteiger partial charge in [-0.15, -0.1) is 11.8 Å². The molecule has 3 rings (SSSR count). The molecule has 3 N–H and O–H groups in total. The Kier molecular flexibility index (Phi) is 5.15. The highest BCUT2D eigenvalue weighted by Crippen LogP contribution is 2.27. The molecule has 0 fully saturated rings. The van der Waals surface area contributed by atoms with E-state index < -0.39 is 5.91 Å². The number of primary amides is 1. The molecule has 126 valence electrons. The molecule has 0 aliphatic carbocycles. The molecule has 1 aromatic heterocycles. The lowest BCUT2D eigenvalue weighted by Gasteiger charge is -2.10. The van der Waals surface area contributed by atoms with E-state index in [4.69, 9.17) is 5.73 Å². The van der Waals surface area contributed by atoms with Gasteiger partial charge in [0.2, 0.25) is 5.91 Å². The molecule has 1 heterocycles. The molecule has 0 atom stereocenters. The third-order valence-corrected chi connectivity index (χ3v) is 4.50. The van der Waals surface area contributed by atoms with Crippen LogP contribution in [0.3, 0.4) is 0 Å². The van der Waals surface area contributed by atoms with Crippen LogP contribution in [0.25, 0.3) is 5.69 Å². The number of nitrogens with one attached hydrogen (secondary N) is 1. The number of nitrogens with zero attached hydrogens (tertiary/aromatic N) is 2. The Hall–Kier alpha value is -3.06. The van der Waals surface area contributed by atoms with Gasteiger partial charge in [-0.1, -0.05) is 12.1 Å². The van der Waals surface area contributed by atoms with Gasteiger partial charge in [0.05, 0.1) is 17.1 Å². The minimum absolute atomic E-state index is 0.158. The first-order chi connectivity index (χ1) is 12.1. The lowest BCUT2D eigenvalue weighted by molar-refractivity contribution is -0.115. The number of carbonyl (C=O) groups excluding carboxylic acids is 2. The van der Waals surface area contributed by atoms with Gasteiger partial charge in [-0.05, 0) is 42.5 Å². The van der Waals surface area contributed by atoms with Gasteiger partial charge >= 0.3 is 0 Å². The van der Waals surface area contributed by atoms with E-state index in [9.17, 15) is 9.59 Å². The summed E-state index contributed by atoms with van der Waals surface area (Å²) < 4.78 is 1.72. The van der Waals surface area contributed by atoms with Crippen molar-refractivity contribution >= 4 is 29.3 Å². The van der Waals surface area contributed by atoms with Crippen molar-refractivity contribution in [3.8, 4) is 5.69 Å². The Morgan fingerprint density at radius 2 is 1.84 bits per heavy atom. The van der Waals surface area contributed by atoms with Crippen molar-refractivity contribution < 1.29 is 9.59 Å². The number of aromatic nitrogens is 2. The number of anilines is 1. The maximum Gasteiger partial charge on any atom is 0.255 e. The number of para-hydroxylation sites is 1. The van der Waals surface area contributed by atoms with Gasteiger partial charge < -0.3 is 11.1 Å². The third kappa shape index (κ3) is 4.27. The van der Waals surface area contributed by atoms with Crippen LogP contribution in [0.4, 0.5) is 5.69 Å². The molecule has 6 nitrogen and oxygen atoms in total.